The van der Waals surface area contributed by atoms with Crippen LogP contribution in [0.4, 0.5) is 24.5 Å². The zero-order chi connectivity index (χ0) is 37.5. The monoisotopic (exact) mass is 723 g/mol. The largest absolute Gasteiger partial charge is 0.573 e. The number of nitro groups is 2. The molecule has 1 heterocycles. The number of halogens is 3. The normalized spacial score (nSPS) is 22.8. The summed E-state index contributed by atoms with van der Waals surface area (Å²) in [6.45, 7) is 2.60. The molecule has 2 aliphatic carbocycles. The summed E-state index contributed by atoms with van der Waals surface area (Å²) in [5.41, 5.74) is -3.79. The second-order valence-corrected chi connectivity index (χ2v) is 12.9. The van der Waals surface area contributed by atoms with E-state index in [1.807, 2.05) is 0 Å². The molecule has 5 rings (SSSR count). The minimum atomic E-state index is -5.10. The van der Waals surface area contributed by atoms with Crippen molar-refractivity contribution < 1.29 is 61.4 Å². The van der Waals surface area contributed by atoms with Crippen molar-refractivity contribution in [2.24, 2.45) is 23.7 Å². The fourth-order valence-electron chi connectivity index (χ4n) is 6.05. The molecule has 0 aromatic heterocycles. The molecule has 2 aromatic rings. The van der Waals surface area contributed by atoms with E-state index in [0.29, 0.717) is 47.4 Å². The summed E-state index contributed by atoms with van der Waals surface area (Å²) >= 11 is 1.32. The van der Waals surface area contributed by atoms with Crippen molar-refractivity contribution in [1.82, 2.24) is 5.06 Å². The number of amides is 1. The zero-order valence-corrected chi connectivity index (χ0v) is 27.5. The van der Waals surface area contributed by atoms with Gasteiger partial charge in [-0.3, -0.25) is 53.8 Å². The Labute approximate surface area is 284 Å². The molecule has 19 heteroatoms. The number of ketones is 5. The summed E-state index contributed by atoms with van der Waals surface area (Å²) in [4.78, 5) is 101. The van der Waals surface area contributed by atoms with Gasteiger partial charge in [0.25, 0.3) is 17.3 Å². The van der Waals surface area contributed by atoms with Gasteiger partial charge in [-0.25, -0.2) is 5.06 Å². The van der Waals surface area contributed by atoms with E-state index in [-0.39, 0.29) is 34.7 Å². The quantitative estimate of drug-likeness (QED) is 0.119. The average molecular weight is 724 g/mol. The molecule has 15 nitrogen and oxygen atoms in total. The lowest BCUT2D eigenvalue weighted by Gasteiger charge is -2.37. The van der Waals surface area contributed by atoms with Gasteiger partial charge in [-0.2, -0.15) is 0 Å². The number of hydroxylamine groups is 2. The molecular weight excluding hydrogens is 695 g/mol. The SMILES string of the molecule is CN1OC(C)(C)C(=O)C(C(=O)c2ccc(OC(F)(F)F)cc2[N+](=O)[O-])C1=O.CSc1ccc(C(=O)C2C(=O)C3CCC(C3)C2=O)c([N+](=O)[O-])c1. The predicted molar refractivity (Wildman–Crippen MR) is 164 cm³/mol. The highest BCUT2D eigenvalue weighted by Crippen LogP contribution is 2.42. The van der Waals surface area contributed by atoms with Gasteiger partial charge in [0.15, 0.2) is 34.8 Å². The lowest BCUT2D eigenvalue weighted by Crippen LogP contribution is -2.57. The predicted octanol–water partition coefficient (Wildman–Crippen LogP) is 4.73. The Kier molecular flexibility index (Phi) is 10.6. The summed E-state index contributed by atoms with van der Waals surface area (Å²) in [6.07, 6.45) is -1.54. The molecule has 1 saturated heterocycles. The molecule has 1 aliphatic heterocycles. The molecule has 3 fully saturated rings. The van der Waals surface area contributed by atoms with E-state index in [1.165, 1.54) is 37.7 Å². The van der Waals surface area contributed by atoms with Crippen molar-refractivity contribution in [3.63, 3.8) is 0 Å². The van der Waals surface area contributed by atoms with Crippen LogP contribution in [0.1, 0.15) is 53.8 Å². The molecule has 266 valence electrons. The fourth-order valence-corrected chi connectivity index (χ4v) is 6.48. The van der Waals surface area contributed by atoms with Gasteiger partial charge in [0.2, 0.25) is 0 Å². The van der Waals surface area contributed by atoms with Gasteiger partial charge in [-0.05, 0) is 63.6 Å². The van der Waals surface area contributed by atoms with Crippen molar-refractivity contribution in [1.29, 1.82) is 0 Å². The second-order valence-electron chi connectivity index (χ2n) is 12.0. The number of hydrogen-bond acceptors (Lipinski definition) is 13. The fraction of sp³-hybridized carbons (Fsp3) is 0.419. The topological polar surface area (TPSA) is 210 Å². The van der Waals surface area contributed by atoms with E-state index < -0.39 is 73.9 Å². The highest BCUT2D eigenvalue weighted by Gasteiger charge is 2.52. The molecule has 3 atom stereocenters. The highest BCUT2D eigenvalue weighted by molar-refractivity contribution is 7.98. The third-order valence-electron chi connectivity index (χ3n) is 8.44. The van der Waals surface area contributed by atoms with E-state index in [1.54, 1.807) is 12.3 Å². The lowest BCUT2D eigenvalue weighted by atomic mass is 9.75. The Balaban J connectivity index is 0.000000227. The molecule has 0 N–H and O–H groups in total. The molecular formula is C31H28F3N3O12S. The number of alkyl halides is 3. The molecule has 2 bridgehead atoms. The second kappa shape index (κ2) is 14.1. The number of carbonyl (C=O) groups is 6. The summed E-state index contributed by atoms with van der Waals surface area (Å²) in [6, 6.07) is 6.02. The van der Waals surface area contributed by atoms with Crippen molar-refractivity contribution in [3.8, 4) is 5.75 Å². The van der Waals surface area contributed by atoms with Crippen LogP contribution in [0.5, 0.6) is 5.75 Å². The number of benzene rings is 2. The number of fused-ring (bicyclic) bond motifs is 2. The van der Waals surface area contributed by atoms with Crippen LogP contribution in [0.25, 0.3) is 0 Å². The smallest absolute Gasteiger partial charge is 0.406 e. The number of nitro benzene ring substituents is 2. The third kappa shape index (κ3) is 7.57. The zero-order valence-electron chi connectivity index (χ0n) is 26.7. The van der Waals surface area contributed by atoms with E-state index in [4.69, 9.17) is 4.84 Å². The number of hydrogen-bond donors (Lipinski definition) is 0. The lowest BCUT2D eigenvalue weighted by molar-refractivity contribution is -0.385. The van der Waals surface area contributed by atoms with Crippen molar-refractivity contribution in [3.05, 3.63) is 67.8 Å². The first-order chi connectivity index (χ1) is 23.2. The van der Waals surface area contributed by atoms with Crippen LogP contribution in [-0.2, 0) is 24.0 Å². The average Bonchev–Trinajstić information content (AvgIpc) is 3.49. The van der Waals surface area contributed by atoms with Gasteiger partial charge >= 0.3 is 6.36 Å². The van der Waals surface area contributed by atoms with Crippen LogP contribution in [0.3, 0.4) is 0 Å². The van der Waals surface area contributed by atoms with E-state index in [9.17, 15) is 62.2 Å². The summed E-state index contributed by atoms with van der Waals surface area (Å²) in [5.74, 6) is -9.37. The summed E-state index contributed by atoms with van der Waals surface area (Å²) in [7, 11) is 1.16. The summed E-state index contributed by atoms with van der Waals surface area (Å²) in [5, 5.41) is 23.1. The number of Topliss-reactive ketones (excluding diaryl/α,β-unsaturated/α-hetero) is 5. The molecule has 2 aromatic carbocycles. The maximum atomic E-state index is 12.7. The van der Waals surface area contributed by atoms with E-state index >= 15 is 0 Å². The summed E-state index contributed by atoms with van der Waals surface area (Å²) < 4.78 is 40.4. The van der Waals surface area contributed by atoms with Gasteiger partial charge < -0.3 is 4.74 Å². The molecule has 3 aliphatic rings. The molecule has 0 radical (unpaired) electrons. The van der Waals surface area contributed by atoms with Gasteiger partial charge in [0.1, 0.15) is 17.3 Å². The van der Waals surface area contributed by atoms with Crippen LogP contribution in [-0.4, -0.2) is 75.0 Å². The van der Waals surface area contributed by atoms with Crippen LogP contribution in [0, 0.1) is 43.9 Å². The Morgan fingerprint density at radius 2 is 1.40 bits per heavy atom. The molecule has 0 spiro atoms. The highest BCUT2D eigenvalue weighted by atomic mass is 32.2. The van der Waals surface area contributed by atoms with Crippen LogP contribution >= 0.6 is 11.8 Å². The van der Waals surface area contributed by atoms with Gasteiger partial charge in [-0.15, -0.1) is 24.9 Å². The van der Waals surface area contributed by atoms with Crippen molar-refractivity contribution >= 4 is 58.0 Å². The van der Waals surface area contributed by atoms with Crippen LogP contribution < -0.4 is 4.74 Å². The van der Waals surface area contributed by atoms with Crippen molar-refractivity contribution in [2.75, 3.05) is 13.3 Å². The number of carbonyl (C=O) groups excluding carboxylic acids is 6. The Morgan fingerprint density at radius 3 is 1.90 bits per heavy atom. The Bertz CT molecular complexity index is 1810. The molecule has 1 amide bonds. The van der Waals surface area contributed by atoms with Gasteiger partial charge in [0.05, 0.1) is 27.0 Å². The van der Waals surface area contributed by atoms with E-state index in [2.05, 4.69) is 4.74 Å². The maximum absolute atomic E-state index is 12.7. The minimum Gasteiger partial charge on any atom is -0.406 e. The standard InChI is InChI=1S/C16H15NO5S.C15H13F3N2O7/c1-23-10-4-5-11(12(7-10)17(21)22)16(20)13-14(18)8-2-3-9(6-8)15(13)19;1-14(2)12(22)10(13(23)19(3)27-14)11(21)8-5-4-7(26-15(16,17)18)6-9(8)20(24)25/h4-5,7-9,13H,2-3,6H2,1H3;4-6,10H,1-3H3. The number of thioether (sulfide) groups is 1. The molecule has 2 saturated carbocycles. The Hall–Kier alpha value is -5.04. The number of nitrogens with zero attached hydrogens (tertiary/aromatic N) is 3. The minimum absolute atomic E-state index is 0.152. The van der Waals surface area contributed by atoms with E-state index in [0.717, 1.165) is 7.05 Å². The van der Waals surface area contributed by atoms with Gasteiger partial charge in [0, 0.05) is 29.8 Å². The molecule has 3 unspecified atom stereocenters. The van der Waals surface area contributed by atoms with Crippen LogP contribution in [0.2, 0.25) is 0 Å². The third-order valence-corrected chi connectivity index (χ3v) is 9.17. The first-order valence-electron chi connectivity index (χ1n) is 14.7. The Morgan fingerprint density at radius 1 is 0.900 bits per heavy atom. The maximum Gasteiger partial charge on any atom is 0.573 e. The van der Waals surface area contributed by atoms with Crippen LogP contribution in [0.15, 0.2) is 41.3 Å². The molecule has 50 heavy (non-hydrogen) atoms. The first-order valence-corrected chi connectivity index (χ1v) is 15.9. The van der Waals surface area contributed by atoms with Crippen molar-refractivity contribution in [2.45, 2.75) is 50.0 Å². The number of rotatable bonds is 8. The first kappa shape index (κ1) is 37.8. The number of ether oxygens (including phenoxy) is 1. The van der Waals surface area contributed by atoms with Gasteiger partial charge in [-0.1, -0.05) is 0 Å².